The fourth-order valence-corrected chi connectivity index (χ4v) is 3.84. The summed E-state index contributed by atoms with van der Waals surface area (Å²) in [5.41, 5.74) is 1.97. The maximum absolute atomic E-state index is 13.6. The van der Waals surface area contributed by atoms with Crippen LogP contribution in [0.15, 0.2) is 35.9 Å². The van der Waals surface area contributed by atoms with E-state index < -0.39 is 6.04 Å². The minimum absolute atomic E-state index is 0.128. The molecule has 1 N–H and O–H groups in total. The predicted molar refractivity (Wildman–Crippen MR) is 122 cm³/mol. The molecule has 1 atom stereocenters. The van der Waals surface area contributed by atoms with Gasteiger partial charge in [0.25, 0.3) is 5.91 Å². The first-order valence-corrected chi connectivity index (χ1v) is 10.9. The largest absolute Gasteiger partial charge is 0.493 e. The van der Waals surface area contributed by atoms with E-state index in [0.717, 1.165) is 24.1 Å². The van der Waals surface area contributed by atoms with E-state index >= 15 is 0 Å². The summed E-state index contributed by atoms with van der Waals surface area (Å²) in [4.78, 5) is 28.0. The molecule has 172 valence electrons. The lowest BCUT2D eigenvalue weighted by Gasteiger charge is -2.30. The summed E-state index contributed by atoms with van der Waals surface area (Å²) in [6.45, 7) is 6.44. The van der Waals surface area contributed by atoms with Crippen molar-refractivity contribution in [2.45, 2.75) is 38.8 Å². The third-order valence-electron chi connectivity index (χ3n) is 5.33. The van der Waals surface area contributed by atoms with Gasteiger partial charge in [0.05, 0.1) is 12.8 Å². The number of nitrogens with zero attached hydrogens (tertiary/aromatic N) is 3. The van der Waals surface area contributed by atoms with Gasteiger partial charge in [-0.2, -0.15) is 5.10 Å². The fourth-order valence-electron chi connectivity index (χ4n) is 3.79. The standard InChI is InChI=1S/C23H29ClN4O4/c1-15(24)14-32-21-12-17(8-9-20(21)31-4)13-28(18-7-5-6-10-25-22(18)29)23(30)19-11-16(2)26-27(19)3/h8-9,11-12,18H,1,5-7,10,13-14H2,2-4H3,(H,25,29)/t18-/m0/s1. The van der Waals surface area contributed by atoms with Crippen LogP contribution in [0, 0.1) is 6.92 Å². The summed E-state index contributed by atoms with van der Waals surface area (Å²) >= 11 is 5.84. The monoisotopic (exact) mass is 460 g/mol. The van der Waals surface area contributed by atoms with Gasteiger partial charge in [-0.15, -0.1) is 0 Å². The summed E-state index contributed by atoms with van der Waals surface area (Å²) in [6.07, 6.45) is 2.34. The summed E-state index contributed by atoms with van der Waals surface area (Å²) in [5, 5.41) is 7.58. The highest BCUT2D eigenvalue weighted by Crippen LogP contribution is 2.30. The quantitative estimate of drug-likeness (QED) is 0.654. The van der Waals surface area contributed by atoms with Gasteiger partial charge >= 0.3 is 0 Å². The highest BCUT2D eigenvalue weighted by Gasteiger charge is 2.33. The zero-order chi connectivity index (χ0) is 23.3. The lowest BCUT2D eigenvalue weighted by Crippen LogP contribution is -2.48. The molecule has 2 aromatic rings. The van der Waals surface area contributed by atoms with Crippen molar-refractivity contribution >= 4 is 23.4 Å². The Bertz CT molecular complexity index is 1000. The Morgan fingerprint density at radius 3 is 2.78 bits per heavy atom. The molecule has 1 fully saturated rings. The smallest absolute Gasteiger partial charge is 0.273 e. The number of amides is 2. The molecule has 32 heavy (non-hydrogen) atoms. The van der Waals surface area contributed by atoms with Gasteiger partial charge in [0.1, 0.15) is 18.3 Å². The topological polar surface area (TPSA) is 85.7 Å². The zero-order valence-electron chi connectivity index (χ0n) is 18.7. The van der Waals surface area contributed by atoms with E-state index in [1.165, 1.54) is 0 Å². The Kier molecular flexibility index (Phi) is 7.80. The number of aromatic nitrogens is 2. The van der Waals surface area contributed by atoms with Crippen LogP contribution in [0.3, 0.4) is 0 Å². The Balaban J connectivity index is 1.95. The molecule has 0 radical (unpaired) electrons. The summed E-state index contributed by atoms with van der Waals surface area (Å²) in [7, 11) is 3.28. The van der Waals surface area contributed by atoms with E-state index in [1.807, 2.05) is 13.0 Å². The molecular formula is C23H29ClN4O4. The molecule has 0 spiro atoms. The van der Waals surface area contributed by atoms with E-state index in [2.05, 4.69) is 17.0 Å². The summed E-state index contributed by atoms with van der Waals surface area (Å²) in [6, 6.07) is 6.57. The van der Waals surface area contributed by atoms with Crippen LogP contribution in [0.4, 0.5) is 0 Å². The first-order valence-electron chi connectivity index (χ1n) is 10.5. The van der Waals surface area contributed by atoms with Crippen molar-refractivity contribution in [2.75, 3.05) is 20.3 Å². The van der Waals surface area contributed by atoms with Gasteiger partial charge in [0.15, 0.2) is 11.5 Å². The minimum Gasteiger partial charge on any atom is -0.493 e. The van der Waals surface area contributed by atoms with Gasteiger partial charge in [-0.05, 0) is 49.9 Å². The maximum atomic E-state index is 13.6. The lowest BCUT2D eigenvalue weighted by molar-refractivity contribution is -0.125. The minimum atomic E-state index is -0.575. The van der Waals surface area contributed by atoms with Crippen molar-refractivity contribution in [1.82, 2.24) is 20.0 Å². The number of rotatable bonds is 8. The van der Waals surface area contributed by atoms with Crippen LogP contribution in [0.25, 0.3) is 0 Å². The molecule has 1 aliphatic heterocycles. The first kappa shape index (κ1) is 23.7. The molecule has 1 aliphatic rings. The number of hydrogen-bond acceptors (Lipinski definition) is 5. The Morgan fingerprint density at radius 2 is 2.12 bits per heavy atom. The van der Waals surface area contributed by atoms with Crippen LogP contribution in [0.1, 0.15) is 41.0 Å². The van der Waals surface area contributed by atoms with Gasteiger partial charge in [-0.3, -0.25) is 14.3 Å². The molecule has 1 aromatic carbocycles. The number of hydrogen-bond donors (Lipinski definition) is 1. The molecule has 2 amide bonds. The SMILES string of the molecule is C=C(Cl)COc1cc(CN(C(=O)c2cc(C)nn2C)[C@H]2CCCCNC2=O)ccc1OC. The highest BCUT2D eigenvalue weighted by molar-refractivity contribution is 6.29. The van der Waals surface area contributed by atoms with Gasteiger partial charge in [0.2, 0.25) is 5.91 Å². The molecule has 3 rings (SSSR count). The van der Waals surface area contributed by atoms with Crippen LogP contribution >= 0.6 is 11.6 Å². The number of ether oxygens (including phenoxy) is 2. The molecule has 0 bridgehead atoms. The maximum Gasteiger partial charge on any atom is 0.273 e. The predicted octanol–water partition coefficient (Wildman–Crippen LogP) is 3.18. The van der Waals surface area contributed by atoms with Crippen LogP contribution in [-0.4, -0.2) is 52.8 Å². The molecule has 9 heteroatoms. The first-order chi connectivity index (χ1) is 15.3. The summed E-state index contributed by atoms with van der Waals surface area (Å²) < 4.78 is 12.6. The van der Waals surface area contributed by atoms with Crippen LogP contribution in [-0.2, 0) is 18.4 Å². The second-order valence-corrected chi connectivity index (χ2v) is 8.36. The number of methoxy groups -OCH3 is 1. The van der Waals surface area contributed by atoms with E-state index in [0.29, 0.717) is 35.2 Å². The van der Waals surface area contributed by atoms with E-state index in [4.69, 9.17) is 21.1 Å². The number of aryl methyl sites for hydroxylation is 2. The van der Waals surface area contributed by atoms with Gasteiger partial charge in [-0.1, -0.05) is 24.2 Å². The third-order valence-corrected chi connectivity index (χ3v) is 5.44. The van der Waals surface area contributed by atoms with Crippen LogP contribution in [0.2, 0.25) is 0 Å². The molecule has 0 saturated carbocycles. The van der Waals surface area contributed by atoms with Crippen LogP contribution < -0.4 is 14.8 Å². The van der Waals surface area contributed by atoms with Crippen molar-refractivity contribution in [3.8, 4) is 11.5 Å². The van der Waals surface area contributed by atoms with Crippen molar-refractivity contribution in [1.29, 1.82) is 0 Å². The van der Waals surface area contributed by atoms with Crippen molar-refractivity contribution in [3.63, 3.8) is 0 Å². The average molecular weight is 461 g/mol. The van der Waals surface area contributed by atoms with Gasteiger partial charge < -0.3 is 19.7 Å². The number of halogens is 1. The molecule has 2 heterocycles. The zero-order valence-corrected chi connectivity index (χ0v) is 19.4. The molecule has 0 aliphatic carbocycles. The summed E-state index contributed by atoms with van der Waals surface area (Å²) in [5.74, 6) is 0.639. The van der Waals surface area contributed by atoms with E-state index in [9.17, 15) is 9.59 Å². The van der Waals surface area contributed by atoms with E-state index in [1.54, 1.807) is 41.9 Å². The van der Waals surface area contributed by atoms with Crippen molar-refractivity contribution in [3.05, 3.63) is 52.8 Å². The Morgan fingerprint density at radius 1 is 1.34 bits per heavy atom. The van der Waals surface area contributed by atoms with Gasteiger partial charge in [0, 0.05) is 25.2 Å². The average Bonchev–Trinajstić information content (AvgIpc) is 2.95. The van der Waals surface area contributed by atoms with Gasteiger partial charge in [-0.25, -0.2) is 0 Å². The van der Waals surface area contributed by atoms with Crippen molar-refractivity contribution in [2.24, 2.45) is 7.05 Å². The Hall–Kier alpha value is -3.00. The number of nitrogens with one attached hydrogen (secondary N) is 1. The lowest BCUT2D eigenvalue weighted by atomic mass is 10.1. The molecule has 8 nitrogen and oxygen atoms in total. The Labute approximate surface area is 193 Å². The number of benzene rings is 1. The normalized spacial score (nSPS) is 16.1. The second-order valence-electron chi connectivity index (χ2n) is 7.82. The number of carbonyl (C=O) groups is 2. The second kappa shape index (κ2) is 10.5. The fraction of sp³-hybridized carbons (Fsp3) is 0.435. The molecular weight excluding hydrogens is 432 g/mol. The number of carbonyl (C=O) groups excluding carboxylic acids is 2. The van der Waals surface area contributed by atoms with E-state index in [-0.39, 0.29) is 25.0 Å². The molecule has 1 saturated heterocycles. The van der Waals surface area contributed by atoms with Crippen molar-refractivity contribution < 1.29 is 19.1 Å². The van der Waals surface area contributed by atoms with Crippen LogP contribution in [0.5, 0.6) is 11.5 Å². The highest BCUT2D eigenvalue weighted by atomic mass is 35.5. The third kappa shape index (κ3) is 5.62. The molecule has 0 unspecified atom stereocenters. The molecule has 1 aromatic heterocycles.